The predicted octanol–water partition coefficient (Wildman–Crippen LogP) is 3.89. The average Bonchev–Trinajstić information content (AvgIpc) is 3.08. The van der Waals surface area contributed by atoms with Gasteiger partial charge in [0.25, 0.3) is 0 Å². The Balaban J connectivity index is 1.61. The predicted molar refractivity (Wildman–Crippen MR) is 132 cm³/mol. The number of nitrogens with two attached hydrogens (primary N) is 1. The lowest BCUT2D eigenvalue weighted by molar-refractivity contribution is -0.124. The Labute approximate surface area is 193 Å². The van der Waals surface area contributed by atoms with Crippen LogP contribution in [0, 0.1) is 11.8 Å². The van der Waals surface area contributed by atoms with Crippen molar-refractivity contribution in [1.82, 2.24) is 0 Å². The highest BCUT2D eigenvalue weighted by Crippen LogP contribution is 2.37. The van der Waals surface area contributed by atoms with Crippen molar-refractivity contribution in [2.24, 2.45) is 17.6 Å². The second-order valence-electron chi connectivity index (χ2n) is 9.38. The Morgan fingerprint density at radius 2 is 1.91 bits per heavy atom. The van der Waals surface area contributed by atoms with Crippen molar-refractivity contribution in [2.45, 2.75) is 77.7 Å². The summed E-state index contributed by atoms with van der Waals surface area (Å²) in [5, 5.41) is 19.5. The van der Waals surface area contributed by atoms with Crippen molar-refractivity contribution < 1.29 is 14.8 Å². The Kier molecular flexibility index (Phi) is 9.09. The molecule has 0 amide bonds. The minimum atomic E-state index is -1.50. The molecule has 1 fully saturated rings. The van der Waals surface area contributed by atoms with E-state index < -0.39 is 7.12 Å². The number of carbonyl (C=O) groups excluding carboxylic acids is 1. The van der Waals surface area contributed by atoms with Gasteiger partial charge in [0.05, 0.1) is 0 Å². The zero-order valence-corrected chi connectivity index (χ0v) is 19.6. The average molecular weight is 435 g/mol. The van der Waals surface area contributed by atoms with Crippen LogP contribution in [-0.4, -0.2) is 22.9 Å². The van der Waals surface area contributed by atoms with E-state index in [1.165, 1.54) is 17.5 Å². The van der Waals surface area contributed by atoms with Gasteiger partial charge in [-0.2, -0.15) is 0 Å². The topological polar surface area (TPSA) is 83.5 Å². The molecular formula is C27H38BNO3. The highest BCUT2D eigenvalue weighted by molar-refractivity contribution is 6.59. The first-order chi connectivity index (χ1) is 15.4. The lowest BCUT2D eigenvalue weighted by atomic mass is 9.73. The largest absolute Gasteiger partial charge is 0.488 e. The van der Waals surface area contributed by atoms with Crippen LogP contribution in [-0.2, 0) is 24.2 Å². The van der Waals surface area contributed by atoms with Crippen molar-refractivity contribution in [3.05, 3.63) is 64.7 Å². The number of carbonyl (C=O) groups is 1. The molecule has 0 spiro atoms. The lowest BCUT2D eigenvalue weighted by Gasteiger charge is -2.22. The summed E-state index contributed by atoms with van der Waals surface area (Å²) in [5.74, 6) is 1.32. The van der Waals surface area contributed by atoms with Crippen molar-refractivity contribution >= 4 is 18.4 Å². The molecule has 1 aliphatic carbocycles. The first-order valence-electron chi connectivity index (χ1n) is 12.2. The quantitative estimate of drug-likeness (QED) is 0.412. The van der Waals surface area contributed by atoms with E-state index in [1.54, 1.807) is 6.07 Å². The zero-order chi connectivity index (χ0) is 23.1. The molecule has 0 aromatic heterocycles. The van der Waals surface area contributed by atoms with Gasteiger partial charge in [0, 0.05) is 18.9 Å². The fourth-order valence-electron chi connectivity index (χ4n) is 5.41. The molecular weight excluding hydrogens is 397 g/mol. The van der Waals surface area contributed by atoms with Crippen molar-refractivity contribution in [3.8, 4) is 0 Å². The van der Waals surface area contributed by atoms with Crippen LogP contribution in [0.1, 0.15) is 80.5 Å². The molecule has 0 aliphatic heterocycles. The highest BCUT2D eigenvalue weighted by atomic mass is 16.4. The van der Waals surface area contributed by atoms with Gasteiger partial charge in [0.2, 0.25) is 0 Å². The van der Waals surface area contributed by atoms with E-state index >= 15 is 0 Å². The van der Waals surface area contributed by atoms with E-state index in [4.69, 9.17) is 5.73 Å². The number of hydrogen-bond donors (Lipinski definition) is 3. The molecule has 1 saturated carbocycles. The number of ketones is 1. The van der Waals surface area contributed by atoms with Crippen LogP contribution < -0.4 is 11.2 Å². The second-order valence-corrected chi connectivity index (χ2v) is 9.38. The third-order valence-electron chi connectivity index (χ3n) is 7.48. The molecule has 5 heteroatoms. The molecule has 1 aliphatic rings. The van der Waals surface area contributed by atoms with E-state index in [-0.39, 0.29) is 5.92 Å². The van der Waals surface area contributed by atoms with E-state index in [0.29, 0.717) is 42.5 Å². The van der Waals surface area contributed by atoms with Crippen LogP contribution in [0.15, 0.2) is 42.5 Å². The van der Waals surface area contributed by atoms with Gasteiger partial charge in [-0.3, -0.25) is 4.79 Å². The third kappa shape index (κ3) is 6.09. The van der Waals surface area contributed by atoms with Crippen LogP contribution in [0.25, 0.3) is 0 Å². The molecule has 32 heavy (non-hydrogen) atoms. The highest BCUT2D eigenvalue weighted by Gasteiger charge is 2.28. The minimum Gasteiger partial charge on any atom is -0.423 e. The lowest BCUT2D eigenvalue weighted by Crippen LogP contribution is -2.34. The van der Waals surface area contributed by atoms with Gasteiger partial charge < -0.3 is 15.8 Å². The Bertz CT molecular complexity index is 898. The first-order valence-corrected chi connectivity index (χ1v) is 12.2. The molecule has 172 valence electrons. The molecule has 0 bridgehead atoms. The molecule has 4 nitrogen and oxygen atoms in total. The van der Waals surface area contributed by atoms with Gasteiger partial charge in [-0.15, -0.1) is 0 Å². The molecule has 0 heterocycles. The minimum absolute atomic E-state index is 0.0421. The van der Waals surface area contributed by atoms with Crippen LogP contribution in [0.3, 0.4) is 0 Å². The maximum Gasteiger partial charge on any atom is 0.488 e. The van der Waals surface area contributed by atoms with E-state index in [0.717, 1.165) is 43.2 Å². The summed E-state index contributed by atoms with van der Waals surface area (Å²) in [6.07, 6.45) is 7.47. The molecule has 4 N–H and O–H groups in total. The monoisotopic (exact) mass is 435 g/mol. The van der Waals surface area contributed by atoms with Gasteiger partial charge in [0.1, 0.15) is 5.78 Å². The molecule has 2 aromatic rings. The summed E-state index contributed by atoms with van der Waals surface area (Å²) in [6.45, 7) is 4.72. The normalized spacial score (nSPS) is 19.9. The smallest absolute Gasteiger partial charge is 0.423 e. The van der Waals surface area contributed by atoms with Crippen molar-refractivity contribution in [3.63, 3.8) is 0 Å². The fraction of sp³-hybridized carbons (Fsp3) is 0.519. The van der Waals surface area contributed by atoms with Gasteiger partial charge in [-0.05, 0) is 78.1 Å². The molecule has 0 radical (unpaired) electrons. The standard InChI is InChI=1S/C27H38BNO3/c1-3-21-8-6-12-26(28(31)32)25(21)15-16-27(30)19(2)22-9-5-10-23(14-13-22)24-11-4-7-20(17-24)18-29/h4,6-8,11-12,17,19,22-23,31-32H,3,5,9-10,13-16,18,29H2,1-2H3. The molecule has 3 unspecified atom stereocenters. The zero-order valence-electron chi connectivity index (χ0n) is 19.6. The molecule has 0 saturated heterocycles. The Morgan fingerprint density at radius 3 is 2.62 bits per heavy atom. The summed E-state index contributed by atoms with van der Waals surface area (Å²) in [5.41, 5.74) is 10.9. The number of hydrogen-bond acceptors (Lipinski definition) is 4. The van der Waals surface area contributed by atoms with Gasteiger partial charge in [-0.25, -0.2) is 0 Å². The Hall–Kier alpha value is -1.95. The SMILES string of the molecule is CCc1cccc(B(O)O)c1CCC(=O)C(C)C1CCCC(c2cccc(CN)c2)CC1. The van der Waals surface area contributed by atoms with Gasteiger partial charge in [-0.1, -0.05) is 62.7 Å². The first kappa shape index (κ1) is 24.7. The third-order valence-corrected chi connectivity index (χ3v) is 7.48. The molecule has 3 atom stereocenters. The van der Waals surface area contributed by atoms with Crippen LogP contribution in [0.4, 0.5) is 0 Å². The van der Waals surface area contributed by atoms with Crippen LogP contribution in [0.2, 0.25) is 0 Å². The Morgan fingerprint density at radius 1 is 1.12 bits per heavy atom. The van der Waals surface area contributed by atoms with E-state index in [1.807, 2.05) is 12.1 Å². The maximum atomic E-state index is 13.1. The summed E-state index contributed by atoms with van der Waals surface area (Å²) in [7, 11) is -1.50. The number of aryl methyl sites for hydroxylation is 1. The summed E-state index contributed by atoms with van der Waals surface area (Å²) < 4.78 is 0. The number of benzene rings is 2. The number of rotatable bonds is 9. The summed E-state index contributed by atoms with van der Waals surface area (Å²) in [4.78, 5) is 13.1. The summed E-state index contributed by atoms with van der Waals surface area (Å²) in [6, 6.07) is 14.3. The van der Waals surface area contributed by atoms with Crippen molar-refractivity contribution in [1.29, 1.82) is 0 Å². The number of Topliss-reactive ketones (excluding diaryl/α,β-unsaturated/α-hetero) is 1. The molecule has 3 rings (SSSR count). The fourth-order valence-corrected chi connectivity index (χ4v) is 5.41. The van der Waals surface area contributed by atoms with Gasteiger partial charge in [0.15, 0.2) is 0 Å². The summed E-state index contributed by atoms with van der Waals surface area (Å²) >= 11 is 0. The van der Waals surface area contributed by atoms with E-state index in [9.17, 15) is 14.8 Å². The molecule has 2 aromatic carbocycles. The van der Waals surface area contributed by atoms with Crippen molar-refractivity contribution in [2.75, 3.05) is 0 Å². The van der Waals surface area contributed by atoms with E-state index in [2.05, 4.69) is 38.1 Å². The van der Waals surface area contributed by atoms with Crippen LogP contribution in [0.5, 0.6) is 0 Å². The second kappa shape index (κ2) is 11.8. The maximum absolute atomic E-state index is 13.1. The van der Waals surface area contributed by atoms with Gasteiger partial charge >= 0.3 is 7.12 Å². The van der Waals surface area contributed by atoms with Crippen LogP contribution >= 0.6 is 0 Å².